The maximum Gasteiger partial charge on any atom is 0.258 e. The molecule has 1 aliphatic heterocycles. The number of fused-ring (bicyclic) bond motifs is 1. The number of nitrogens with zero attached hydrogens (tertiary/aromatic N) is 1. The summed E-state index contributed by atoms with van der Waals surface area (Å²) in [7, 11) is 1.60. The summed E-state index contributed by atoms with van der Waals surface area (Å²) in [5, 5.41) is 3.09. The number of methoxy groups -OCH3 is 1. The fraction of sp³-hybridized carbons (Fsp3) is 0.231. The molecule has 156 valence electrons. The second-order valence-electron chi connectivity index (χ2n) is 8.18. The number of amides is 2. The Morgan fingerprint density at radius 2 is 1.71 bits per heavy atom. The zero-order valence-electron chi connectivity index (χ0n) is 17.4. The Kier molecular flexibility index (Phi) is 4.74. The largest absolute Gasteiger partial charge is 0.497 e. The molecule has 0 radical (unpaired) electrons. The summed E-state index contributed by atoms with van der Waals surface area (Å²) in [5.41, 5.74) is 3.94. The predicted octanol–water partition coefficient (Wildman–Crippen LogP) is 4.57. The van der Waals surface area contributed by atoms with Crippen LogP contribution in [0.3, 0.4) is 0 Å². The van der Waals surface area contributed by atoms with Crippen LogP contribution in [0.2, 0.25) is 0 Å². The van der Waals surface area contributed by atoms with E-state index in [4.69, 9.17) is 4.74 Å². The number of hydrogen-bond donors (Lipinski definition) is 1. The Bertz CT molecular complexity index is 1140. The molecule has 1 aliphatic carbocycles. The molecule has 3 aromatic rings. The van der Waals surface area contributed by atoms with Crippen LogP contribution in [0, 0.1) is 0 Å². The van der Waals surface area contributed by atoms with Gasteiger partial charge in [-0.3, -0.25) is 9.59 Å². The van der Waals surface area contributed by atoms with Gasteiger partial charge in [-0.2, -0.15) is 0 Å². The van der Waals surface area contributed by atoms with Crippen LogP contribution in [0.5, 0.6) is 5.75 Å². The van der Waals surface area contributed by atoms with Crippen molar-refractivity contribution in [2.45, 2.75) is 24.7 Å². The Hall–Kier alpha value is -3.60. The van der Waals surface area contributed by atoms with Crippen LogP contribution in [0.15, 0.2) is 72.8 Å². The van der Waals surface area contributed by atoms with E-state index in [0.29, 0.717) is 12.1 Å². The minimum absolute atomic E-state index is 0.0182. The Balaban J connectivity index is 1.37. The molecule has 1 saturated carbocycles. The maximum atomic E-state index is 13.1. The molecule has 0 aromatic heterocycles. The number of rotatable bonds is 5. The average molecular weight is 412 g/mol. The third-order valence-electron chi connectivity index (χ3n) is 6.33. The molecule has 5 rings (SSSR count). The van der Waals surface area contributed by atoms with Crippen molar-refractivity contribution in [3.05, 3.63) is 89.5 Å². The van der Waals surface area contributed by atoms with E-state index in [9.17, 15) is 9.59 Å². The van der Waals surface area contributed by atoms with Gasteiger partial charge in [0.15, 0.2) is 0 Å². The molecule has 1 heterocycles. The first-order valence-electron chi connectivity index (χ1n) is 10.6. The van der Waals surface area contributed by atoms with E-state index in [-0.39, 0.29) is 11.8 Å². The topological polar surface area (TPSA) is 58.6 Å². The maximum absolute atomic E-state index is 13.1. The normalized spacial score (nSPS) is 15.8. The van der Waals surface area contributed by atoms with E-state index in [0.717, 1.165) is 47.5 Å². The van der Waals surface area contributed by atoms with E-state index in [1.54, 1.807) is 36.3 Å². The van der Waals surface area contributed by atoms with Gasteiger partial charge in [0.05, 0.1) is 12.5 Å². The number of benzene rings is 3. The van der Waals surface area contributed by atoms with Crippen molar-refractivity contribution in [1.82, 2.24) is 0 Å². The van der Waals surface area contributed by atoms with Crippen LogP contribution in [-0.2, 0) is 16.6 Å². The van der Waals surface area contributed by atoms with Gasteiger partial charge in [0, 0.05) is 23.5 Å². The Labute approximate surface area is 181 Å². The van der Waals surface area contributed by atoms with Crippen molar-refractivity contribution in [3.8, 4) is 5.75 Å². The highest BCUT2D eigenvalue weighted by Crippen LogP contribution is 2.49. The van der Waals surface area contributed by atoms with Crippen molar-refractivity contribution in [3.63, 3.8) is 0 Å². The number of carbonyl (C=O) groups is 2. The Morgan fingerprint density at radius 3 is 2.39 bits per heavy atom. The molecule has 0 unspecified atom stereocenters. The van der Waals surface area contributed by atoms with Gasteiger partial charge in [0.25, 0.3) is 5.91 Å². The standard InChI is InChI=1S/C26H24N2O3/c1-31-22-11-8-19(9-12-22)24(29)28-16-13-18-7-10-21(17-23(18)28)27-25(30)26(14-15-26)20-5-3-2-4-6-20/h2-12,17H,13-16H2,1H3,(H,27,30). The van der Waals surface area contributed by atoms with Crippen LogP contribution >= 0.6 is 0 Å². The van der Waals surface area contributed by atoms with Gasteiger partial charge in [-0.1, -0.05) is 36.4 Å². The molecule has 2 amide bonds. The first-order chi connectivity index (χ1) is 15.1. The third kappa shape index (κ3) is 3.46. The van der Waals surface area contributed by atoms with Crippen molar-refractivity contribution >= 4 is 23.2 Å². The molecule has 5 nitrogen and oxygen atoms in total. The minimum atomic E-state index is -0.432. The lowest BCUT2D eigenvalue weighted by molar-refractivity contribution is -0.118. The van der Waals surface area contributed by atoms with E-state index in [1.807, 2.05) is 48.5 Å². The number of anilines is 2. The number of nitrogens with one attached hydrogen (secondary N) is 1. The highest BCUT2D eigenvalue weighted by Gasteiger charge is 2.51. The molecule has 3 aromatic carbocycles. The second kappa shape index (κ2) is 7.58. The molecule has 0 saturated heterocycles. The van der Waals surface area contributed by atoms with Gasteiger partial charge in [0.1, 0.15) is 5.75 Å². The van der Waals surface area contributed by atoms with E-state index < -0.39 is 5.41 Å². The molecular weight excluding hydrogens is 388 g/mol. The van der Waals surface area contributed by atoms with Crippen molar-refractivity contribution in [1.29, 1.82) is 0 Å². The Morgan fingerprint density at radius 1 is 0.968 bits per heavy atom. The molecule has 2 aliphatic rings. The molecule has 31 heavy (non-hydrogen) atoms. The summed E-state index contributed by atoms with van der Waals surface area (Å²) in [6.07, 6.45) is 2.52. The average Bonchev–Trinajstić information content (AvgIpc) is 3.53. The van der Waals surface area contributed by atoms with Gasteiger partial charge in [0.2, 0.25) is 5.91 Å². The SMILES string of the molecule is COc1ccc(C(=O)N2CCc3ccc(NC(=O)C4(c5ccccc5)CC4)cc32)cc1. The molecule has 1 fully saturated rings. The highest BCUT2D eigenvalue weighted by atomic mass is 16.5. The van der Waals surface area contributed by atoms with Crippen LogP contribution < -0.4 is 15.0 Å². The van der Waals surface area contributed by atoms with Gasteiger partial charge in [-0.15, -0.1) is 0 Å². The number of carbonyl (C=O) groups excluding carboxylic acids is 2. The fourth-order valence-corrected chi connectivity index (χ4v) is 4.34. The lowest BCUT2D eigenvalue weighted by atomic mass is 9.95. The molecule has 1 N–H and O–H groups in total. The lowest BCUT2D eigenvalue weighted by Gasteiger charge is -2.20. The van der Waals surface area contributed by atoms with E-state index in [1.165, 1.54) is 0 Å². The number of hydrogen-bond acceptors (Lipinski definition) is 3. The number of ether oxygens (including phenoxy) is 1. The highest BCUT2D eigenvalue weighted by molar-refractivity contribution is 6.08. The first-order valence-corrected chi connectivity index (χ1v) is 10.6. The second-order valence-corrected chi connectivity index (χ2v) is 8.18. The van der Waals surface area contributed by atoms with Crippen molar-refractivity contribution in [2.75, 3.05) is 23.9 Å². The minimum Gasteiger partial charge on any atom is -0.497 e. The van der Waals surface area contributed by atoms with Gasteiger partial charge in [-0.25, -0.2) is 0 Å². The monoisotopic (exact) mass is 412 g/mol. The van der Waals surface area contributed by atoms with Gasteiger partial charge in [-0.05, 0) is 66.8 Å². The summed E-state index contributed by atoms with van der Waals surface area (Å²) >= 11 is 0. The molecule has 0 atom stereocenters. The van der Waals surface area contributed by atoms with Crippen molar-refractivity contribution in [2.24, 2.45) is 0 Å². The molecule has 0 spiro atoms. The summed E-state index contributed by atoms with van der Waals surface area (Å²) in [4.78, 5) is 28.0. The van der Waals surface area contributed by atoms with Crippen molar-refractivity contribution < 1.29 is 14.3 Å². The third-order valence-corrected chi connectivity index (χ3v) is 6.33. The molecular formula is C26H24N2O3. The van der Waals surface area contributed by atoms with Crippen LogP contribution in [0.25, 0.3) is 0 Å². The lowest BCUT2D eigenvalue weighted by Crippen LogP contribution is -2.29. The van der Waals surface area contributed by atoms with Crippen LogP contribution in [0.4, 0.5) is 11.4 Å². The molecule has 5 heteroatoms. The summed E-state index contributed by atoms with van der Waals surface area (Å²) in [6, 6.07) is 22.9. The quantitative estimate of drug-likeness (QED) is 0.668. The summed E-state index contributed by atoms with van der Waals surface area (Å²) < 4.78 is 5.18. The van der Waals surface area contributed by atoms with Crippen LogP contribution in [-0.4, -0.2) is 25.5 Å². The summed E-state index contributed by atoms with van der Waals surface area (Å²) in [6.45, 7) is 0.631. The van der Waals surface area contributed by atoms with Gasteiger partial charge < -0.3 is 15.0 Å². The fourth-order valence-electron chi connectivity index (χ4n) is 4.34. The zero-order valence-corrected chi connectivity index (χ0v) is 17.4. The predicted molar refractivity (Wildman–Crippen MR) is 121 cm³/mol. The van der Waals surface area contributed by atoms with Crippen LogP contribution in [0.1, 0.15) is 34.3 Å². The summed E-state index contributed by atoms with van der Waals surface area (Å²) in [5.74, 6) is 0.688. The van der Waals surface area contributed by atoms with E-state index >= 15 is 0 Å². The smallest absolute Gasteiger partial charge is 0.258 e. The first kappa shape index (κ1) is 19.4. The zero-order chi connectivity index (χ0) is 21.4. The van der Waals surface area contributed by atoms with E-state index in [2.05, 4.69) is 5.32 Å². The van der Waals surface area contributed by atoms with Gasteiger partial charge >= 0.3 is 0 Å². The molecule has 0 bridgehead atoms.